The second kappa shape index (κ2) is 44.2. The quantitative estimate of drug-likeness (QED) is 0.0782. The molecule has 0 aliphatic carbocycles. The number of hydrogen-bond donors (Lipinski definition) is 4. The van der Waals surface area contributed by atoms with Crippen LogP contribution in [0.5, 0.6) is 0 Å². The van der Waals surface area contributed by atoms with Gasteiger partial charge < -0.3 is 75.4 Å². The van der Waals surface area contributed by atoms with Gasteiger partial charge in [-0.25, -0.2) is 19.2 Å². The van der Waals surface area contributed by atoms with Crippen LogP contribution in [0, 0.1) is 0 Å². The summed E-state index contributed by atoms with van der Waals surface area (Å²) in [5, 5.41) is 34.2. The van der Waals surface area contributed by atoms with Crippen molar-refractivity contribution < 1.29 is 158 Å². The maximum absolute atomic E-state index is 12.4. The smallest absolute Gasteiger partial charge is 1.00 e. The van der Waals surface area contributed by atoms with E-state index in [1.165, 1.54) is 12.8 Å². The normalized spacial score (nSPS) is 35.8. The molecule has 16 heterocycles. The Morgan fingerprint density at radius 3 is 0.982 bits per heavy atom. The van der Waals surface area contributed by atoms with Crippen molar-refractivity contribution in [2.24, 2.45) is 0 Å². The maximum atomic E-state index is 12.4. The van der Waals surface area contributed by atoms with Gasteiger partial charge in [-0.15, -0.1) is 17.0 Å². The standard InChI is InChI=1S/C17H19NO5.C17H21NO3.C15H17NO3.C10H15NO4.C8H13NO2.C4H8O.2C2H6O.CHCl3.2B.BrH.2Na.2H/c1-2-21-17(20)18-12-8-11(9-13(18)15-14(12)23-15)22-16(19)10-6-4-3-5-7-10;1-10(11-6-4-3-5-7-11)17(19)20-12-8-13-15-16(21-15)14(9-12)18(13)2;1-16-11-7-10(8-12(16)14-13(11)19-14)18-15(17)9-5-3-2-4-6-9;1-2-14-10(13)11-6-3-5(12)4-7(11)9-8(6)15-9;1-9-5-2-4(10)3-6(9)8-7(5)11-8;1-2-4-5-3-1;2*1-2-3;2-1(3)4;;;;;;;/h3-7,11-15H,2,8-9H2,1H3;3-7,10,12-16H,8-9H2,1-2H3;2-6,10-14H,7-8H2,1H3;5-9,12H,2-4H2,1H3;4-8,10H,2-3H2,1H3;1-4H2;2*3H,2H2,1H3;1H;;;1H;;;;/q;;;;;;;;;;;;2*+1;2*-1/t11?,12?,13?,14-,15+;10-,12?,13?,14?,15-,16+;10?,11?,12?,13-,14+;5?,6?,7?,8-,9+;4?,5?,6?,7-,8+;;;;;;;;;;;/m.0............../s1. The number of hydrogen-bond acceptors (Lipinski definition) is 23. The van der Waals surface area contributed by atoms with E-state index in [2.05, 4.69) is 35.8 Å². The van der Waals surface area contributed by atoms with Crippen LogP contribution in [0.4, 0.5) is 9.59 Å². The van der Waals surface area contributed by atoms with Gasteiger partial charge in [0.1, 0.15) is 79.4 Å². The molecule has 4 N–H and O–H groups in total. The van der Waals surface area contributed by atoms with Crippen molar-refractivity contribution in [2.45, 2.75) is 274 Å². The van der Waals surface area contributed by atoms with Gasteiger partial charge in [-0.05, 0) is 124 Å². The van der Waals surface area contributed by atoms with Gasteiger partial charge in [0.15, 0.2) is 4.30 Å². The second-order valence-electron chi connectivity index (χ2n) is 29.1. The summed E-state index contributed by atoms with van der Waals surface area (Å²) < 4.78 is 59.3. The largest absolute Gasteiger partial charge is 1.00 e. The summed E-state index contributed by atoms with van der Waals surface area (Å²) in [5.74, 6) is -0.822. The van der Waals surface area contributed by atoms with Gasteiger partial charge in [-0.3, -0.25) is 29.3 Å². The number of epoxide rings is 5. The van der Waals surface area contributed by atoms with Crippen LogP contribution in [0.25, 0.3) is 0 Å². The molecule has 19 rings (SSSR count). The molecule has 3 aromatic rings. The zero-order chi connectivity index (χ0) is 74.2. The molecule has 109 heavy (non-hydrogen) atoms. The molecule has 6 radical (unpaired) electrons. The predicted octanol–water partition coefficient (Wildman–Crippen LogP) is 1.92. The van der Waals surface area contributed by atoms with Gasteiger partial charge in [0.2, 0.25) is 0 Å². The number of piperidine rings is 5. The predicted molar refractivity (Wildman–Crippen MR) is 407 cm³/mol. The number of esters is 3. The molecule has 25 nitrogen and oxygen atoms in total. The van der Waals surface area contributed by atoms with E-state index in [1.807, 2.05) is 73.7 Å². The number of amides is 2. The number of carbonyl (C=O) groups excluding carboxylic acids is 5. The zero-order valence-electron chi connectivity index (χ0n) is 66.2. The van der Waals surface area contributed by atoms with Gasteiger partial charge in [0.05, 0.1) is 66.6 Å². The monoisotopic (exact) mass is 1660 g/mol. The Labute approximate surface area is 718 Å². The fraction of sp³-hybridized carbons (Fsp3) is 0.697. The van der Waals surface area contributed by atoms with Crippen LogP contribution < -0.4 is 59.1 Å². The number of nitrogens with zero attached hydrogens (tertiary/aromatic N) is 5. The minimum absolute atomic E-state index is 0. The number of aliphatic hydroxyl groups excluding tert-OH is 4. The van der Waals surface area contributed by atoms with Gasteiger partial charge in [0.25, 0.3) is 0 Å². The molecule has 0 aromatic heterocycles. The van der Waals surface area contributed by atoms with Crippen molar-refractivity contribution in [2.75, 3.05) is 60.8 Å². The summed E-state index contributed by atoms with van der Waals surface area (Å²) in [4.78, 5) is 71.2. The number of aliphatic hydroxyl groups is 4. The molecular formula is C76H109B2BrCl3N5Na2O20. The minimum atomic E-state index is -0.750. The van der Waals surface area contributed by atoms with E-state index in [0.717, 1.165) is 57.3 Å². The maximum Gasteiger partial charge on any atom is 1.00 e. The van der Waals surface area contributed by atoms with Crippen molar-refractivity contribution in [3.8, 4) is 0 Å². The van der Waals surface area contributed by atoms with E-state index in [9.17, 15) is 34.2 Å². The number of benzene rings is 3. The number of alkyl halides is 3. The summed E-state index contributed by atoms with van der Waals surface area (Å²) in [5.41, 5.74) is 2.20. The summed E-state index contributed by atoms with van der Waals surface area (Å²) in [6, 6.07) is 30.7. The van der Waals surface area contributed by atoms with E-state index in [0.29, 0.717) is 123 Å². The number of ether oxygens (including phenoxy) is 11. The molecular weight excluding hydrogens is 1560 g/mol. The Hall–Kier alpha value is -2.43. The van der Waals surface area contributed by atoms with Crippen LogP contribution in [-0.2, 0) is 56.9 Å². The third-order valence-corrected chi connectivity index (χ3v) is 22.5. The molecule has 16 aliphatic rings. The molecule has 10 bridgehead atoms. The van der Waals surface area contributed by atoms with Crippen LogP contribution in [0.3, 0.4) is 0 Å². The van der Waals surface area contributed by atoms with Gasteiger partial charge in [0, 0.05) is 118 Å². The first-order chi connectivity index (χ1) is 50.1. The SMILES string of the molecule is Br.C1CCOC1.CCO.CCO.CCOC(=O)N1C2CC(O)CC1[C@@H]1O[C@H]21.CCOC(=O)N1C2CC(OC(=O)c3ccccc3)CC1[C@@H]1O[C@H]21.CN1C2CC(O)CC1[C@@H]1O[C@H]21.CN1C2CC(OC(=O)c3ccccc3)CC1[C@@H]1O[C@H]21.C[C@H](C(=O)OC1CC2[C@H]3O[C@H]3C(C1)N2C)c1ccccc1.ClC(Cl)Cl.[B].[B].[H-].[H-].[Na+].[Na+]. The Kier molecular flexibility index (Phi) is 38.7. The molecule has 16 saturated heterocycles. The molecule has 33 heteroatoms. The average molecular weight is 1670 g/mol. The molecule has 16 fully saturated rings. The van der Waals surface area contributed by atoms with Crippen LogP contribution in [0.1, 0.15) is 147 Å². The van der Waals surface area contributed by atoms with E-state index in [4.69, 9.17) is 97.1 Å². The topological polar surface area (TPSA) is 300 Å². The molecule has 0 saturated carbocycles. The summed E-state index contributed by atoms with van der Waals surface area (Å²) >= 11 is 14.4. The van der Waals surface area contributed by atoms with Gasteiger partial charge in [-0.1, -0.05) is 102 Å². The molecule has 2 amide bonds. The van der Waals surface area contributed by atoms with Crippen molar-refractivity contribution >= 4 is 98.7 Å². The second-order valence-corrected chi connectivity index (χ2v) is 31.0. The molecule has 15 unspecified atom stereocenters. The number of carbonyl (C=O) groups is 5. The first-order valence-electron chi connectivity index (χ1n) is 37.3. The number of halogens is 4. The average Bonchev–Trinajstić information content (AvgIpc) is 1.59. The Morgan fingerprint density at radius 1 is 0.450 bits per heavy atom. The Bertz CT molecular complexity index is 3220. The fourth-order valence-electron chi connectivity index (χ4n) is 17.5. The molecule has 0 spiro atoms. The Morgan fingerprint density at radius 2 is 0.697 bits per heavy atom. The number of morpholine rings is 5. The summed E-state index contributed by atoms with van der Waals surface area (Å²) in [6.07, 6.45) is 12.3. The van der Waals surface area contributed by atoms with Crippen molar-refractivity contribution in [3.63, 3.8) is 0 Å². The molecule has 16 aliphatic heterocycles. The van der Waals surface area contributed by atoms with Crippen LogP contribution in [-0.4, -0.2) is 309 Å². The van der Waals surface area contributed by atoms with Crippen LogP contribution in [0.2, 0.25) is 0 Å². The van der Waals surface area contributed by atoms with E-state index in [1.54, 1.807) is 61.8 Å². The molecule has 3 aromatic carbocycles. The molecule has 26 atom stereocenters. The number of rotatable bonds is 9. The van der Waals surface area contributed by atoms with Crippen LogP contribution in [0.15, 0.2) is 91.0 Å². The minimum Gasteiger partial charge on any atom is -1.00 e. The summed E-state index contributed by atoms with van der Waals surface area (Å²) in [6.45, 7) is 12.1. The first kappa shape index (κ1) is 95.4. The van der Waals surface area contributed by atoms with Crippen molar-refractivity contribution in [1.29, 1.82) is 0 Å². The third-order valence-electron chi connectivity index (χ3n) is 22.5. The van der Waals surface area contributed by atoms with Crippen molar-refractivity contribution in [3.05, 3.63) is 108 Å². The van der Waals surface area contributed by atoms with Gasteiger partial charge >= 0.3 is 89.2 Å². The number of fused-ring (bicyclic) bond motifs is 25. The van der Waals surface area contributed by atoms with E-state index < -0.39 is 4.30 Å². The Balaban J connectivity index is 0.000000278. The fourth-order valence-corrected chi connectivity index (χ4v) is 17.5. The van der Waals surface area contributed by atoms with Crippen molar-refractivity contribution in [1.82, 2.24) is 24.5 Å². The van der Waals surface area contributed by atoms with Gasteiger partial charge in [-0.2, -0.15) is 0 Å². The van der Waals surface area contributed by atoms with Crippen LogP contribution >= 0.6 is 51.8 Å². The first-order valence-corrected chi connectivity index (χ1v) is 38.6. The third kappa shape index (κ3) is 23.7. The summed E-state index contributed by atoms with van der Waals surface area (Å²) in [7, 11) is 6.46. The van der Waals surface area contributed by atoms with E-state index >= 15 is 0 Å². The van der Waals surface area contributed by atoms with E-state index in [-0.39, 0.29) is 224 Å². The number of likely N-dealkylation sites (N-methyl/N-ethyl adjacent to an activating group) is 3. The molecule has 594 valence electrons. The zero-order valence-corrected chi connectivity index (χ0v) is 72.2.